The van der Waals surface area contributed by atoms with E-state index < -0.39 is 5.97 Å². The fourth-order valence-electron chi connectivity index (χ4n) is 2.33. The molecule has 3 aromatic rings. The highest BCUT2D eigenvalue weighted by atomic mass is 32.2. The highest BCUT2D eigenvalue weighted by molar-refractivity contribution is 7.97. The maximum Gasteiger partial charge on any atom is 0.323 e. The summed E-state index contributed by atoms with van der Waals surface area (Å²) in [6.07, 6.45) is 1.85. The maximum atomic E-state index is 9.55. The Bertz CT molecular complexity index is 888. The van der Waals surface area contributed by atoms with Crippen LogP contribution in [0.5, 0.6) is 0 Å². The van der Waals surface area contributed by atoms with E-state index in [1.807, 2.05) is 44.4 Å². The van der Waals surface area contributed by atoms with Crippen molar-refractivity contribution in [3.05, 3.63) is 41.7 Å². The molecule has 0 radical (unpaired) electrons. The molecule has 0 aliphatic carbocycles. The third kappa shape index (κ3) is 4.23. The van der Waals surface area contributed by atoms with Gasteiger partial charge < -0.3 is 20.6 Å². The SMILES string of the molecule is CCNSc1cc(Nc2ccn(C)n2)ccc1-c1scnc1C(O)(O)O. The summed E-state index contributed by atoms with van der Waals surface area (Å²) in [6.45, 7) is 2.74. The Hall–Kier alpha value is -1.95. The average molecular weight is 393 g/mol. The van der Waals surface area contributed by atoms with Gasteiger partial charge in [-0.15, -0.1) is 11.3 Å². The standard InChI is InChI=1S/C16H19N5O3S2/c1-3-18-26-12-8-10(19-13-6-7-21(2)20-13)4-5-11(12)14-15(16(22,23)24)17-9-25-14/h4-9,18,22-24H,3H2,1-2H3,(H,19,20). The first-order chi connectivity index (χ1) is 12.4. The minimum absolute atomic E-state index is 0.189. The number of nitrogens with one attached hydrogen (secondary N) is 2. The van der Waals surface area contributed by atoms with Crippen molar-refractivity contribution in [1.82, 2.24) is 19.5 Å². The third-order valence-corrected chi connectivity index (χ3v) is 5.27. The largest absolute Gasteiger partial charge is 0.339 e. The number of benzene rings is 1. The van der Waals surface area contributed by atoms with E-state index >= 15 is 0 Å². The van der Waals surface area contributed by atoms with Gasteiger partial charge in [0.25, 0.3) is 0 Å². The number of aromatic nitrogens is 3. The number of thiazole rings is 1. The lowest BCUT2D eigenvalue weighted by Crippen LogP contribution is -2.25. The number of aryl methyl sites for hydroxylation is 1. The van der Waals surface area contributed by atoms with Crippen molar-refractivity contribution in [1.29, 1.82) is 0 Å². The molecule has 0 unspecified atom stereocenters. The summed E-state index contributed by atoms with van der Waals surface area (Å²) in [5, 5.41) is 36.2. The molecule has 2 heterocycles. The molecule has 0 saturated heterocycles. The van der Waals surface area contributed by atoms with Crippen LogP contribution < -0.4 is 10.0 Å². The molecule has 3 rings (SSSR count). The molecule has 0 aliphatic rings. The fraction of sp³-hybridized carbons (Fsp3) is 0.250. The molecule has 138 valence electrons. The smallest absolute Gasteiger partial charge is 0.323 e. The van der Waals surface area contributed by atoms with Crippen molar-refractivity contribution in [3.8, 4) is 10.4 Å². The van der Waals surface area contributed by atoms with Crippen LogP contribution in [0.4, 0.5) is 11.5 Å². The Balaban J connectivity index is 1.98. The van der Waals surface area contributed by atoms with Crippen LogP contribution in [0.2, 0.25) is 0 Å². The predicted octanol–water partition coefficient (Wildman–Crippen LogP) is 1.99. The number of hydrogen-bond donors (Lipinski definition) is 5. The van der Waals surface area contributed by atoms with Crippen molar-refractivity contribution in [2.24, 2.45) is 7.05 Å². The lowest BCUT2D eigenvalue weighted by atomic mass is 10.1. The van der Waals surface area contributed by atoms with Gasteiger partial charge in [0.1, 0.15) is 5.69 Å². The van der Waals surface area contributed by atoms with Crippen molar-refractivity contribution >= 4 is 34.8 Å². The van der Waals surface area contributed by atoms with E-state index in [9.17, 15) is 15.3 Å². The fourth-order valence-corrected chi connectivity index (χ4v) is 4.03. The van der Waals surface area contributed by atoms with Crippen molar-refractivity contribution in [2.45, 2.75) is 17.8 Å². The molecule has 0 saturated carbocycles. The first-order valence-corrected chi connectivity index (χ1v) is 9.50. The van der Waals surface area contributed by atoms with Crippen LogP contribution in [0.25, 0.3) is 10.4 Å². The van der Waals surface area contributed by atoms with Gasteiger partial charge in [-0.1, -0.05) is 13.0 Å². The first kappa shape index (κ1) is 18.8. The van der Waals surface area contributed by atoms with Crippen molar-refractivity contribution in [3.63, 3.8) is 0 Å². The Kier molecular flexibility index (Phi) is 5.61. The average Bonchev–Trinajstić information content (AvgIpc) is 3.22. The van der Waals surface area contributed by atoms with Gasteiger partial charge in [-0.25, -0.2) is 4.98 Å². The first-order valence-electron chi connectivity index (χ1n) is 7.80. The Morgan fingerprint density at radius 2 is 2.08 bits per heavy atom. The van der Waals surface area contributed by atoms with E-state index in [4.69, 9.17) is 0 Å². The topological polar surface area (TPSA) is 115 Å². The van der Waals surface area contributed by atoms with Gasteiger partial charge >= 0.3 is 5.97 Å². The summed E-state index contributed by atoms with van der Waals surface area (Å²) >= 11 is 2.63. The van der Waals surface area contributed by atoms with E-state index in [0.717, 1.165) is 28.5 Å². The van der Waals surface area contributed by atoms with Crippen LogP contribution in [0.15, 0.2) is 40.9 Å². The lowest BCUT2D eigenvalue weighted by molar-refractivity contribution is -0.325. The summed E-state index contributed by atoms with van der Waals surface area (Å²) in [7, 11) is 1.84. The summed E-state index contributed by atoms with van der Waals surface area (Å²) in [4.78, 5) is 5.23. The van der Waals surface area contributed by atoms with E-state index in [1.165, 1.54) is 28.8 Å². The summed E-state index contributed by atoms with van der Waals surface area (Å²) < 4.78 is 4.89. The van der Waals surface area contributed by atoms with Gasteiger partial charge in [0.15, 0.2) is 5.82 Å². The van der Waals surface area contributed by atoms with Crippen LogP contribution in [0.1, 0.15) is 12.6 Å². The minimum Gasteiger partial charge on any atom is -0.339 e. The van der Waals surface area contributed by atoms with Gasteiger partial charge in [-0.2, -0.15) is 5.10 Å². The molecule has 0 amide bonds. The molecule has 0 spiro atoms. The van der Waals surface area contributed by atoms with E-state index in [1.54, 1.807) is 4.68 Å². The summed E-state index contributed by atoms with van der Waals surface area (Å²) in [5.74, 6) is -2.27. The van der Waals surface area contributed by atoms with Crippen LogP contribution in [0.3, 0.4) is 0 Å². The molecule has 26 heavy (non-hydrogen) atoms. The molecule has 0 aliphatic heterocycles. The zero-order chi connectivity index (χ0) is 18.7. The van der Waals surface area contributed by atoms with Crippen LogP contribution >= 0.6 is 23.3 Å². The zero-order valence-electron chi connectivity index (χ0n) is 14.2. The lowest BCUT2D eigenvalue weighted by Gasteiger charge is -2.16. The minimum atomic E-state index is -2.99. The Morgan fingerprint density at radius 3 is 2.73 bits per heavy atom. The quantitative estimate of drug-likeness (QED) is 0.306. The highest BCUT2D eigenvalue weighted by Gasteiger charge is 2.30. The van der Waals surface area contributed by atoms with Crippen molar-refractivity contribution < 1.29 is 15.3 Å². The molecule has 8 nitrogen and oxygen atoms in total. The Labute approximate surface area is 158 Å². The molecular weight excluding hydrogens is 374 g/mol. The maximum absolute atomic E-state index is 9.55. The summed E-state index contributed by atoms with van der Waals surface area (Å²) in [5.41, 5.74) is 2.85. The molecule has 5 N–H and O–H groups in total. The molecule has 0 atom stereocenters. The second kappa shape index (κ2) is 7.74. The van der Waals surface area contributed by atoms with E-state index in [-0.39, 0.29) is 5.69 Å². The van der Waals surface area contributed by atoms with E-state index in [2.05, 4.69) is 20.1 Å². The normalized spacial score (nSPS) is 11.7. The van der Waals surface area contributed by atoms with Gasteiger partial charge in [0, 0.05) is 42.0 Å². The number of anilines is 2. The number of hydrogen-bond acceptors (Lipinski definition) is 9. The van der Waals surface area contributed by atoms with Crippen molar-refractivity contribution in [2.75, 3.05) is 11.9 Å². The van der Waals surface area contributed by atoms with E-state index in [0.29, 0.717) is 4.88 Å². The molecule has 0 fully saturated rings. The second-order valence-electron chi connectivity index (χ2n) is 5.48. The Morgan fingerprint density at radius 1 is 1.27 bits per heavy atom. The third-order valence-electron chi connectivity index (χ3n) is 3.42. The second-order valence-corrected chi connectivity index (χ2v) is 7.26. The molecule has 2 aromatic heterocycles. The molecular formula is C16H19N5O3S2. The van der Waals surface area contributed by atoms with Crippen LogP contribution in [-0.4, -0.2) is 36.6 Å². The number of aliphatic hydroxyl groups is 3. The van der Waals surface area contributed by atoms with Gasteiger partial charge in [0.2, 0.25) is 0 Å². The van der Waals surface area contributed by atoms with Crippen LogP contribution in [-0.2, 0) is 13.0 Å². The highest BCUT2D eigenvalue weighted by Crippen LogP contribution is 2.39. The van der Waals surface area contributed by atoms with Crippen LogP contribution in [0, 0.1) is 0 Å². The molecule has 0 bridgehead atoms. The number of rotatable bonds is 7. The number of nitrogens with zero attached hydrogens (tertiary/aromatic N) is 3. The summed E-state index contributed by atoms with van der Waals surface area (Å²) in [6, 6.07) is 7.49. The van der Waals surface area contributed by atoms with Gasteiger partial charge in [0.05, 0.1) is 10.4 Å². The monoisotopic (exact) mass is 393 g/mol. The van der Waals surface area contributed by atoms with Gasteiger partial charge in [-0.05, 0) is 24.1 Å². The molecule has 1 aromatic carbocycles. The zero-order valence-corrected chi connectivity index (χ0v) is 15.8. The molecule has 10 heteroatoms. The predicted molar refractivity (Wildman–Crippen MR) is 102 cm³/mol. The van der Waals surface area contributed by atoms with Gasteiger partial charge in [-0.3, -0.25) is 9.40 Å².